The average Bonchev–Trinajstić information content (AvgIpc) is 2.49. The number of nitrogens with one attached hydrogen (secondary N) is 2. The van der Waals surface area contributed by atoms with Crippen molar-refractivity contribution in [1.29, 1.82) is 0 Å². The van der Waals surface area contributed by atoms with Crippen LogP contribution >= 0.6 is 0 Å². The maximum atomic E-state index is 12.2. The van der Waals surface area contributed by atoms with Gasteiger partial charge in [0.05, 0.1) is 18.6 Å². The van der Waals surface area contributed by atoms with Gasteiger partial charge in [0.25, 0.3) is 0 Å². The van der Waals surface area contributed by atoms with Gasteiger partial charge in [-0.2, -0.15) is 0 Å². The first-order valence-electron chi connectivity index (χ1n) is 6.82. The lowest BCUT2D eigenvalue weighted by Crippen LogP contribution is -2.37. The molecule has 0 aliphatic carbocycles. The number of hydrogen-bond acceptors (Lipinski definition) is 4. The molecule has 1 amide bonds. The number of aryl methyl sites for hydroxylation is 1. The second kappa shape index (κ2) is 6.52. The Balaban J connectivity index is 2.11. The Morgan fingerprint density at radius 1 is 1.40 bits per heavy atom. The topological polar surface area (TPSA) is 67.4 Å². The molecular weight excluding hydrogens is 256 g/mol. The molecular formula is C15H20N2O3. The van der Waals surface area contributed by atoms with Crippen molar-refractivity contribution in [3.8, 4) is 0 Å². The van der Waals surface area contributed by atoms with Gasteiger partial charge in [0.15, 0.2) is 0 Å². The summed E-state index contributed by atoms with van der Waals surface area (Å²) in [4.78, 5) is 23.7. The molecule has 0 bridgehead atoms. The normalized spacial score (nSPS) is 18.4. The van der Waals surface area contributed by atoms with E-state index in [1.54, 1.807) is 18.2 Å². The SMILES string of the molecule is COC(=O)c1ccc(C)c(NC(=O)[C@H]2CCCNC2)c1. The monoisotopic (exact) mass is 276 g/mol. The molecule has 0 saturated carbocycles. The van der Waals surface area contributed by atoms with E-state index in [0.29, 0.717) is 17.8 Å². The van der Waals surface area contributed by atoms with Gasteiger partial charge in [-0.05, 0) is 44.0 Å². The lowest BCUT2D eigenvalue weighted by atomic mass is 9.98. The Hall–Kier alpha value is -1.88. The number of anilines is 1. The molecule has 1 aliphatic heterocycles. The van der Waals surface area contributed by atoms with Crippen LogP contribution in [0.15, 0.2) is 18.2 Å². The van der Waals surface area contributed by atoms with Gasteiger partial charge in [-0.25, -0.2) is 4.79 Å². The summed E-state index contributed by atoms with van der Waals surface area (Å²) in [6, 6.07) is 5.16. The van der Waals surface area contributed by atoms with E-state index in [1.807, 2.05) is 6.92 Å². The number of ether oxygens (including phenoxy) is 1. The van der Waals surface area contributed by atoms with Crippen LogP contribution in [-0.4, -0.2) is 32.1 Å². The summed E-state index contributed by atoms with van der Waals surface area (Å²) in [5.74, 6) is -0.410. The van der Waals surface area contributed by atoms with E-state index in [0.717, 1.165) is 24.9 Å². The van der Waals surface area contributed by atoms with Crippen molar-refractivity contribution in [3.63, 3.8) is 0 Å². The highest BCUT2D eigenvalue weighted by Gasteiger charge is 2.21. The highest BCUT2D eigenvalue weighted by molar-refractivity contribution is 5.96. The molecule has 2 N–H and O–H groups in total. The largest absolute Gasteiger partial charge is 0.465 e. The molecule has 1 aliphatic rings. The number of piperidine rings is 1. The van der Waals surface area contributed by atoms with E-state index in [4.69, 9.17) is 4.74 Å². The van der Waals surface area contributed by atoms with Gasteiger partial charge < -0.3 is 15.4 Å². The molecule has 5 heteroatoms. The Labute approximate surface area is 118 Å². The van der Waals surface area contributed by atoms with Gasteiger partial charge >= 0.3 is 5.97 Å². The van der Waals surface area contributed by atoms with Gasteiger partial charge in [-0.15, -0.1) is 0 Å². The maximum absolute atomic E-state index is 12.2. The summed E-state index contributed by atoms with van der Waals surface area (Å²) >= 11 is 0. The van der Waals surface area contributed by atoms with Crippen LogP contribution in [-0.2, 0) is 9.53 Å². The molecule has 1 fully saturated rings. The molecule has 0 spiro atoms. The first-order chi connectivity index (χ1) is 9.61. The maximum Gasteiger partial charge on any atom is 0.337 e. The number of carbonyl (C=O) groups is 2. The smallest absolute Gasteiger partial charge is 0.337 e. The minimum atomic E-state index is -0.403. The molecule has 1 aromatic rings. The second-order valence-electron chi connectivity index (χ2n) is 5.05. The number of rotatable bonds is 3. The van der Waals surface area contributed by atoms with E-state index >= 15 is 0 Å². The molecule has 20 heavy (non-hydrogen) atoms. The number of benzene rings is 1. The molecule has 1 heterocycles. The van der Waals surface area contributed by atoms with Crippen molar-refractivity contribution in [1.82, 2.24) is 5.32 Å². The first-order valence-corrected chi connectivity index (χ1v) is 6.82. The van der Waals surface area contributed by atoms with Crippen LogP contribution < -0.4 is 10.6 Å². The second-order valence-corrected chi connectivity index (χ2v) is 5.05. The molecule has 1 aromatic carbocycles. The highest BCUT2D eigenvalue weighted by Crippen LogP contribution is 2.20. The molecule has 0 unspecified atom stereocenters. The summed E-state index contributed by atoms with van der Waals surface area (Å²) in [7, 11) is 1.34. The van der Waals surface area contributed by atoms with Crippen molar-refractivity contribution < 1.29 is 14.3 Å². The van der Waals surface area contributed by atoms with Crippen LogP contribution in [0, 0.1) is 12.8 Å². The molecule has 108 valence electrons. The third-order valence-electron chi connectivity index (χ3n) is 3.58. The standard InChI is InChI=1S/C15H20N2O3/c1-10-5-6-11(15(19)20-2)8-13(10)17-14(18)12-4-3-7-16-9-12/h5-6,8,12,16H,3-4,7,9H2,1-2H3,(H,17,18)/t12-/m0/s1. The van der Waals surface area contributed by atoms with E-state index in [-0.39, 0.29) is 11.8 Å². The number of hydrogen-bond donors (Lipinski definition) is 2. The Bertz CT molecular complexity index is 508. The Morgan fingerprint density at radius 2 is 2.20 bits per heavy atom. The minimum Gasteiger partial charge on any atom is -0.465 e. The van der Waals surface area contributed by atoms with Gasteiger partial charge in [0.1, 0.15) is 0 Å². The highest BCUT2D eigenvalue weighted by atomic mass is 16.5. The fourth-order valence-corrected chi connectivity index (χ4v) is 2.31. The van der Waals surface area contributed by atoms with E-state index in [1.165, 1.54) is 7.11 Å². The van der Waals surface area contributed by atoms with Crippen molar-refractivity contribution >= 4 is 17.6 Å². The zero-order valence-corrected chi connectivity index (χ0v) is 11.9. The van der Waals surface area contributed by atoms with Crippen LogP contribution in [0.4, 0.5) is 5.69 Å². The average molecular weight is 276 g/mol. The van der Waals surface area contributed by atoms with Crippen LogP contribution in [0.25, 0.3) is 0 Å². The van der Waals surface area contributed by atoms with Crippen molar-refractivity contribution in [2.45, 2.75) is 19.8 Å². The lowest BCUT2D eigenvalue weighted by molar-refractivity contribution is -0.120. The molecule has 0 aromatic heterocycles. The van der Waals surface area contributed by atoms with Gasteiger partial charge in [-0.3, -0.25) is 4.79 Å². The number of amides is 1. The fourth-order valence-electron chi connectivity index (χ4n) is 2.31. The quantitative estimate of drug-likeness (QED) is 0.825. The third kappa shape index (κ3) is 3.36. The van der Waals surface area contributed by atoms with Crippen LogP contribution in [0.1, 0.15) is 28.8 Å². The minimum absolute atomic E-state index is 0.00214. The van der Waals surface area contributed by atoms with Crippen molar-refractivity contribution in [2.75, 3.05) is 25.5 Å². The van der Waals surface area contributed by atoms with Gasteiger partial charge in [0.2, 0.25) is 5.91 Å². The van der Waals surface area contributed by atoms with Crippen molar-refractivity contribution in [3.05, 3.63) is 29.3 Å². The predicted molar refractivity (Wildman–Crippen MR) is 76.7 cm³/mol. The lowest BCUT2D eigenvalue weighted by Gasteiger charge is -2.22. The zero-order chi connectivity index (χ0) is 14.5. The zero-order valence-electron chi connectivity index (χ0n) is 11.9. The fraction of sp³-hybridized carbons (Fsp3) is 0.467. The van der Waals surface area contributed by atoms with Crippen LogP contribution in [0.3, 0.4) is 0 Å². The summed E-state index contributed by atoms with van der Waals surface area (Å²) in [5.41, 5.74) is 2.04. The Morgan fingerprint density at radius 3 is 2.85 bits per heavy atom. The summed E-state index contributed by atoms with van der Waals surface area (Å²) in [6.45, 7) is 3.58. The Kier molecular flexibility index (Phi) is 4.74. The van der Waals surface area contributed by atoms with E-state index in [9.17, 15) is 9.59 Å². The summed E-state index contributed by atoms with van der Waals surface area (Å²) < 4.78 is 4.69. The predicted octanol–water partition coefficient (Wildman–Crippen LogP) is 1.72. The summed E-state index contributed by atoms with van der Waals surface area (Å²) in [6.07, 6.45) is 1.91. The van der Waals surface area contributed by atoms with Gasteiger partial charge in [-0.1, -0.05) is 6.07 Å². The first kappa shape index (κ1) is 14.5. The van der Waals surface area contributed by atoms with Crippen LogP contribution in [0.5, 0.6) is 0 Å². The van der Waals surface area contributed by atoms with Crippen molar-refractivity contribution in [2.24, 2.45) is 5.92 Å². The van der Waals surface area contributed by atoms with Crippen LogP contribution in [0.2, 0.25) is 0 Å². The number of esters is 1. The van der Waals surface area contributed by atoms with E-state index in [2.05, 4.69) is 10.6 Å². The van der Waals surface area contributed by atoms with Gasteiger partial charge in [0, 0.05) is 12.2 Å². The van der Waals surface area contributed by atoms with E-state index < -0.39 is 5.97 Å². The molecule has 1 saturated heterocycles. The molecule has 2 rings (SSSR count). The number of carbonyl (C=O) groups excluding carboxylic acids is 2. The third-order valence-corrected chi connectivity index (χ3v) is 3.58. The number of methoxy groups -OCH3 is 1. The molecule has 0 radical (unpaired) electrons. The molecule has 1 atom stereocenters. The molecule has 5 nitrogen and oxygen atoms in total. The summed E-state index contributed by atoms with van der Waals surface area (Å²) in [5, 5.41) is 6.13.